The summed E-state index contributed by atoms with van der Waals surface area (Å²) in [5.74, 6) is -0.411. The monoisotopic (exact) mass is 337 g/mol. The smallest absolute Gasteiger partial charge is 0.338 e. The molecule has 1 aromatic carbocycles. The zero-order valence-electron chi connectivity index (χ0n) is 12.7. The Morgan fingerprint density at radius 2 is 1.87 bits per heavy atom. The Kier molecular flexibility index (Phi) is 4.39. The van der Waals surface area contributed by atoms with Gasteiger partial charge in [-0.25, -0.2) is 13.2 Å². The predicted octanol–water partition coefficient (Wildman–Crippen LogP) is 1.90. The molecule has 1 aliphatic heterocycles. The summed E-state index contributed by atoms with van der Waals surface area (Å²) in [5.41, 5.74) is 0.872. The van der Waals surface area contributed by atoms with E-state index >= 15 is 0 Å². The van der Waals surface area contributed by atoms with Gasteiger partial charge in [-0.15, -0.1) is 0 Å². The van der Waals surface area contributed by atoms with E-state index in [1.165, 1.54) is 4.31 Å². The third kappa shape index (κ3) is 3.39. The van der Waals surface area contributed by atoms with Crippen LogP contribution in [0.3, 0.4) is 0 Å². The number of hydrogen-bond acceptors (Lipinski definition) is 5. The first-order chi connectivity index (χ1) is 11.0. The van der Waals surface area contributed by atoms with Gasteiger partial charge in [0.25, 0.3) is 0 Å². The average Bonchev–Trinajstić information content (AvgIpc) is 2.89. The zero-order valence-corrected chi connectivity index (χ0v) is 13.5. The van der Waals surface area contributed by atoms with Gasteiger partial charge in [0.05, 0.1) is 17.0 Å². The molecule has 1 saturated carbocycles. The normalized spacial score (nSPS) is 23.7. The molecule has 0 N–H and O–H groups in total. The molecule has 0 bridgehead atoms. The van der Waals surface area contributed by atoms with Gasteiger partial charge < -0.3 is 4.74 Å². The number of nitrogens with zero attached hydrogens (tertiary/aromatic N) is 1. The predicted molar refractivity (Wildman–Crippen MR) is 84.9 cm³/mol. The second-order valence-corrected chi connectivity index (χ2v) is 7.91. The van der Waals surface area contributed by atoms with Crippen LogP contribution in [0.5, 0.6) is 0 Å². The Morgan fingerprint density at radius 1 is 1.13 bits per heavy atom. The fourth-order valence-electron chi connectivity index (χ4n) is 2.97. The Balaban J connectivity index is 1.69. The molecule has 0 aromatic heterocycles. The average molecular weight is 337 g/mol. The molecule has 2 fully saturated rings. The van der Waals surface area contributed by atoms with Crippen LogP contribution in [0.2, 0.25) is 0 Å². The maximum Gasteiger partial charge on any atom is 0.338 e. The molecule has 124 valence electrons. The van der Waals surface area contributed by atoms with Crippen LogP contribution in [0.25, 0.3) is 0 Å². The van der Waals surface area contributed by atoms with E-state index in [0.29, 0.717) is 37.1 Å². The molecule has 0 amide bonds. The van der Waals surface area contributed by atoms with E-state index < -0.39 is 22.1 Å². The SMILES string of the molecule is O=C(OC1CCCCC1=O)c1ccc(N2CCCS2(=O)=O)cc1. The quantitative estimate of drug-likeness (QED) is 0.787. The lowest BCUT2D eigenvalue weighted by Gasteiger charge is -2.21. The van der Waals surface area contributed by atoms with Crippen LogP contribution >= 0.6 is 0 Å². The number of hydrogen-bond donors (Lipinski definition) is 0. The Bertz CT molecular complexity index is 710. The van der Waals surface area contributed by atoms with Crippen molar-refractivity contribution in [2.24, 2.45) is 0 Å². The standard InChI is InChI=1S/C16H19NO5S/c18-14-4-1-2-5-15(14)22-16(19)12-6-8-13(9-7-12)17-10-3-11-23(17,20)21/h6-9,15H,1-5,10-11H2. The number of ketones is 1. The van der Waals surface area contributed by atoms with Crippen molar-refractivity contribution in [3.8, 4) is 0 Å². The molecule has 1 aromatic rings. The van der Waals surface area contributed by atoms with Crippen molar-refractivity contribution >= 4 is 27.5 Å². The molecule has 1 aliphatic carbocycles. The van der Waals surface area contributed by atoms with Crippen LogP contribution in [0.1, 0.15) is 42.5 Å². The van der Waals surface area contributed by atoms with Gasteiger partial charge in [0.15, 0.2) is 11.9 Å². The van der Waals surface area contributed by atoms with E-state index in [-0.39, 0.29) is 11.5 Å². The highest BCUT2D eigenvalue weighted by Gasteiger charge is 2.29. The number of carbonyl (C=O) groups is 2. The van der Waals surface area contributed by atoms with Crippen LogP contribution in [0.15, 0.2) is 24.3 Å². The fraction of sp³-hybridized carbons (Fsp3) is 0.500. The number of Topliss-reactive ketones (excluding diaryl/α,β-unsaturated/α-hetero) is 1. The molecule has 1 saturated heterocycles. The minimum Gasteiger partial charge on any atom is -0.451 e. The number of esters is 1. The molecule has 7 heteroatoms. The highest BCUT2D eigenvalue weighted by molar-refractivity contribution is 7.93. The van der Waals surface area contributed by atoms with E-state index in [2.05, 4.69) is 0 Å². The third-order valence-electron chi connectivity index (χ3n) is 4.24. The lowest BCUT2D eigenvalue weighted by molar-refractivity contribution is -0.129. The number of carbonyl (C=O) groups excluding carboxylic acids is 2. The maximum atomic E-state index is 12.1. The second-order valence-electron chi connectivity index (χ2n) is 5.89. The van der Waals surface area contributed by atoms with Crippen LogP contribution in [-0.4, -0.2) is 38.6 Å². The number of rotatable bonds is 3. The number of anilines is 1. The first-order valence-corrected chi connectivity index (χ1v) is 9.42. The van der Waals surface area contributed by atoms with Crippen molar-refractivity contribution in [3.63, 3.8) is 0 Å². The summed E-state index contributed by atoms with van der Waals surface area (Å²) >= 11 is 0. The first kappa shape index (κ1) is 16.0. The molecule has 23 heavy (non-hydrogen) atoms. The van der Waals surface area contributed by atoms with E-state index in [4.69, 9.17) is 4.74 Å². The zero-order chi connectivity index (χ0) is 16.4. The van der Waals surface area contributed by atoms with Crippen LogP contribution in [0, 0.1) is 0 Å². The van der Waals surface area contributed by atoms with Gasteiger partial charge in [0.2, 0.25) is 10.0 Å². The highest BCUT2D eigenvalue weighted by atomic mass is 32.2. The minimum absolute atomic E-state index is 0.0237. The molecule has 1 heterocycles. The largest absolute Gasteiger partial charge is 0.451 e. The van der Waals surface area contributed by atoms with Crippen molar-refractivity contribution in [1.29, 1.82) is 0 Å². The summed E-state index contributed by atoms with van der Waals surface area (Å²) in [6.07, 6.45) is 2.74. The van der Waals surface area contributed by atoms with Gasteiger partial charge in [-0.1, -0.05) is 0 Å². The molecule has 0 radical (unpaired) electrons. The summed E-state index contributed by atoms with van der Waals surface area (Å²) in [7, 11) is -3.23. The van der Waals surface area contributed by atoms with Crippen LogP contribution < -0.4 is 4.31 Å². The number of ether oxygens (including phenoxy) is 1. The molecule has 1 unspecified atom stereocenters. The van der Waals surface area contributed by atoms with Crippen molar-refractivity contribution < 1.29 is 22.7 Å². The van der Waals surface area contributed by atoms with Crippen LogP contribution in [-0.2, 0) is 19.6 Å². The molecular weight excluding hydrogens is 318 g/mol. The fourth-order valence-corrected chi connectivity index (χ4v) is 4.53. The molecule has 6 nitrogen and oxygen atoms in total. The minimum atomic E-state index is -3.23. The molecule has 0 spiro atoms. The van der Waals surface area contributed by atoms with Gasteiger partial charge in [0.1, 0.15) is 0 Å². The summed E-state index contributed by atoms with van der Waals surface area (Å²) in [4.78, 5) is 23.8. The Labute approximate surface area is 135 Å². The summed E-state index contributed by atoms with van der Waals surface area (Å²) in [6.45, 7) is 0.461. The highest BCUT2D eigenvalue weighted by Crippen LogP contribution is 2.25. The van der Waals surface area contributed by atoms with E-state index in [9.17, 15) is 18.0 Å². The molecule has 1 atom stereocenters. The van der Waals surface area contributed by atoms with Crippen molar-refractivity contribution in [3.05, 3.63) is 29.8 Å². The van der Waals surface area contributed by atoms with E-state index in [1.54, 1.807) is 24.3 Å². The van der Waals surface area contributed by atoms with Crippen molar-refractivity contribution in [1.82, 2.24) is 0 Å². The van der Waals surface area contributed by atoms with Gasteiger partial charge >= 0.3 is 5.97 Å². The first-order valence-electron chi connectivity index (χ1n) is 7.81. The Hall–Kier alpha value is -1.89. The van der Waals surface area contributed by atoms with Gasteiger partial charge in [0, 0.05) is 13.0 Å². The third-order valence-corrected chi connectivity index (χ3v) is 6.11. The van der Waals surface area contributed by atoms with E-state index in [1.807, 2.05) is 0 Å². The number of benzene rings is 1. The van der Waals surface area contributed by atoms with Gasteiger partial charge in [-0.2, -0.15) is 0 Å². The molecular formula is C16H19NO5S. The summed E-state index contributed by atoms with van der Waals surface area (Å²) in [5, 5.41) is 0. The second kappa shape index (κ2) is 6.31. The summed E-state index contributed by atoms with van der Waals surface area (Å²) in [6, 6.07) is 6.28. The maximum absolute atomic E-state index is 12.1. The Morgan fingerprint density at radius 3 is 2.48 bits per heavy atom. The topological polar surface area (TPSA) is 80.8 Å². The lowest BCUT2D eigenvalue weighted by Crippen LogP contribution is -2.30. The summed E-state index contributed by atoms with van der Waals surface area (Å²) < 4.78 is 30.4. The number of sulfonamides is 1. The molecule has 3 rings (SSSR count). The van der Waals surface area contributed by atoms with Crippen LogP contribution in [0.4, 0.5) is 5.69 Å². The van der Waals surface area contributed by atoms with Gasteiger partial charge in [-0.3, -0.25) is 9.10 Å². The lowest BCUT2D eigenvalue weighted by atomic mass is 9.96. The van der Waals surface area contributed by atoms with Gasteiger partial charge in [-0.05, 0) is 49.9 Å². The van der Waals surface area contributed by atoms with E-state index in [0.717, 1.165) is 12.8 Å². The molecule has 2 aliphatic rings. The van der Waals surface area contributed by atoms with Crippen molar-refractivity contribution in [2.45, 2.75) is 38.2 Å². The van der Waals surface area contributed by atoms with Crippen molar-refractivity contribution in [2.75, 3.05) is 16.6 Å².